The van der Waals surface area contributed by atoms with Crippen LogP contribution in [0.3, 0.4) is 0 Å². The molecule has 30 heavy (non-hydrogen) atoms. The van der Waals surface area contributed by atoms with Crippen LogP contribution in [0.1, 0.15) is 43.7 Å². The number of carbonyl (C=O) groups excluding carboxylic acids is 1. The van der Waals surface area contributed by atoms with Crippen LogP contribution >= 0.6 is 0 Å². The zero-order chi connectivity index (χ0) is 20.9. The lowest BCUT2D eigenvalue weighted by Crippen LogP contribution is -2.79. The largest absolute Gasteiger partial charge is 0.497 e. The lowest BCUT2D eigenvalue weighted by Gasteiger charge is -2.70. The molecule has 5 heteroatoms. The third-order valence-electron chi connectivity index (χ3n) is 9.14. The van der Waals surface area contributed by atoms with Gasteiger partial charge in [0.1, 0.15) is 29.0 Å². The van der Waals surface area contributed by atoms with E-state index in [0.29, 0.717) is 18.2 Å². The van der Waals surface area contributed by atoms with Gasteiger partial charge in [0, 0.05) is 36.6 Å². The Bertz CT molecular complexity index is 972. The average molecular weight is 410 g/mol. The first kappa shape index (κ1) is 18.9. The van der Waals surface area contributed by atoms with Crippen LogP contribution in [0.15, 0.2) is 24.3 Å². The van der Waals surface area contributed by atoms with Gasteiger partial charge in [0.15, 0.2) is 0 Å². The Hall–Kier alpha value is -1.85. The molecule has 6 atom stereocenters. The minimum atomic E-state index is -0.699. The minimum Gasteiger partial charge on any atom is -0.497 e. The fourth-order valence-electron chi connectivity index (χ4n) is 7.98. The van der Waals surface area contributed by atoms with Crippen molar-refractivity contribution in [3.05, 3.63) is 35.4 Å². The van der Waals surface area contributed by atoms with Gasteiger partial charge in [0.25, 0.3) is 0 Å². The number of ether oxygens (including phenoxy) is 3. The summed E-state index contributed by atoms with van der Waals surface area (Å²) in [5.74, 6) is 1.95. The molecule has 6 aliphatic rings. The SMILES string of the molecule is CCCC(=O)[C@H]1C[C@@]23C=C[C@@]1(OC)[C@@H]1Oc4cc(OC)cc5c4[C@@]12CCN(C)[C@@H]3C5. The molecule has 4 bridgehead atoms. The molecule has 2 aliphatic heterocycles. The number of piperidine rings is 1. The van der Waals surface area contributed by atoms with Crippen LogP contribution in [0, 0.1) is 11.3 Å². The number of likely N-dealkylation sites (N-methyl/N-ethyl adjacent to an activating group) is 1. The molecule has 160 valence electrons. The minimum absolute atomic E-state index is 0.0914. The molecule has 2 heterocycles. The fraction of sp³-hybridized carbons (Fsp3) is 0.640. The second kappa shape index (κ2) is 5.89. The summed E-state index contributed by atoms with van der Waals surface area (Å²) >= 11 is 0. The summed E-state index contributed by atoms with van der Waals surface area (Å²) in [5, 5.41) is 0. The normalized spacial score (nSPS) is 42.1. The maximum absolute atomic E-state index is 13.4. The Morgan fingerprint density at radius 3 is 2.87 bits per heavy atom. The smallest absolute Gasteiger partial charge is 0.143 e. The van der Waals surface area contributed by atoms with Crippen LogP contribution in [0.2, 0.25) is 0 Å². The molecule has 4 aliphatic carbocycles. The van der Waals surface area contributed by atoms with Crippen molar-refractivity contribution < 1.29 is 19.0 Å². The molecular weight excluding hydrogens is 378 g/mol. The molecule has 2 fully saturated rings. The summed E-state index contributed by atoms with van der Waals surface area (Å²) in [4.78, 5) is 15.9. The van der Waals surface area contributed by atoms with Gasteiger partial charge in [-0.2, -0.15) is 0 Å². The first-order valence-corrected chi connectivity index (χ1v) is 11.3. The summed E-state index contributed by atoms with van der Waals surface area (Å²) in [5.41, 5.74) is 1.79. The number of hydrogen-bond donors (Lipinski definition) is 0. The second-order valence-corrected chi connectivity index (χ2v) is 9.98. The zero-order valence-electron chi connectivity index (χ0n) is 18.4. The molecule has 0 unspecified atom stereocenters. The Morgan fingerprint density at radius 1 is 1.30 bits per heavy atom. The lowest BCUT2D eigenvalue weighted by atomic mass is 9.37. The standard InChI is InChI=1S/C25H31NO4/c1-5-6-18(27)17-14-23-7-8-25(17,29-4)22-24(23)9-10-26(2)20(23)12-15-11-16(28-3)13-19(30-22)21(15)24/h7-8,11,13,17,20,22H,5-6,9-10,12,14H2,1-4H3/t17-,20-,22-,23-,24+,25+/m1/s1. The summed E-state index contributed by atoms with van der Waals surface area (Å²) in [7, 11) is 5.72. The quantitative estimate of drug-likeness (QED) is 0.699. The highest BCUT2D eigenvalue weighted by Crippen LogP contribution is 2.74. The number of ketones is 1. The molecule has 1 saturated heterocycles. The number of fused-ring (bicyclic) bond motifs is 1. The maximum Gasteiger partial charge on any atom is 0.143 e. The van der Waals surface area contributed by atoms with Crippen LogP contribution in [-0.4, -0.2) is 56.2 Å². The van der Waals surface area contributed by atoms with Crippen LogP contribution in [-0.2, 0) is 21.4 Å². The van der Waals surface area contributed by atoms with Gasteiger partial charge >= 0.3 is 0 Å². The van der Waals surface area contributed by atoms with Crippen molar-refractivity contribution in [3.63, 3.8) is 0 Å². The Labute approximate surface area is 178 Å². The van der Waals surface area contributed by atoms with E-state index in [1.807, 2.05) is 6.07 Å². The summed E-state index contributed by atoms with van der Waals surface area (Å²) in [6.45, 7) is 3.12. The Morgan fingerprint density at radius 2 is 2.13 bits per heavy atom. The van der Waals surface area contributed by atoms with Crippen LogP contribution < -0.4 is 9.47 Å². The van der Waals surface area contributed by atoms with E-state index in [0.717, 1.165) is 43.7 Å². The van der Waals surface area contributed by atoms with Gasteiger partial charge in [0.05, 0.1) is 18.4 Å². The number of nitrogens with zero attached hydrogens (tertiary/aromatic N) is 1. The number of carbonyl (C=O) groups is 1. The number of benzene rings is 1. The predicted octanol–water partition coefficient (Wildman–Crippen LogP) is 3.28. The molecule has 1 aromatic carbocycles. The molecule has 5 nitrogen and oxygen atoms in total. The van der Waals surface area contributed by atoms with Crippen molar-refractivity contribution in [2.24, 2.45) is 11.3 Å². The summed E-state index contributed by atoms with van der Waals surface area (Å²) in [6, 6.07) is 4.60. The summed E-state index contributed by atoms with van der Waals surface area (Å²) in [6.07, 6.45) is 8.78. The molecule has 2 spiro atoms. The first-order chi connectivity index (χ1) is 14.5. The third-order valence-corrected chi connectivity index (χ3v) is 9.14. The van der Waals surface area contributed by atoms with Crippen LogP contribution in [0.5, 0.6) is 11.5 Å². The van der Waals surface area contributed by atoms with E-state index in [2.05, 4.69) is 37.1 Å². The summed E-state index contributed by atoms with van der Waals surface area (Å²) < 4.78 is 18.7. The van der Waals surface area contributed by atoms with E-state index in [1.165, 1.54) is 11.1 Å². The second-order valence-electron chi connectivity index (χ2n) is 9.98. The van der Waals surface area contributed by atoms with E-state index >= 15 is 0 Å². The lowest BCUT2D eigenvalue weighted by molar-refractivity contribution is -0.213. The van der Waals surface area contributed by atoms with E-state index in [1.54, 1.807) is 14.2 Å². The van der Waals surface area contributed by atoms with E-state index in [4.69, 9.17) is 14.2 Å². The average Bonchev–Trinajstić information content (AvgIpc) is 3.11. The van der Waals surface area contributed by atoms with Crippen molar-refractivity contribution in [2.45, 2.75) is 62.2 Å². The van der Waals surface area contributed by atoms with Gasteiger partial charge in [-0.15, -0.1) is 0 Å². The molecular formula is C25H31NO4. The van der Waals surface area contributed by atoms with E-state index in [9.17, 15) is 4.79 Å². The highest BCUT2D eigenvalue weighted by Gasteiger charge is 2.79. The molecule has 0 radical (unpaired) electrons. The molecule has 0 N–H and O–H groups in total. The third kappa shape index (κ3) is 1.83. The van der Waals surface area contributed by atoms with Gasteiger partial charge in [0.2, 0.25) is 0 Å². The molecule has 0 amide bonds. The fourth-order valence-corrected chi connectivity index (χ4v) is 7.98. The highest BCUT2D eigenvalue weighted by molar-refractivity contribution is 5.84. The maximum atomic E-state index is 13.4. The molecule has 0 aromatic heterocycles. The number of hydrogen-bond acceptors (Lipinski definition) is 5. The van der Waals surface area contributed by atoms with Crippen molar-refractivity contribution in [1.29, 1.82) is 0 Å². The van der Waals surface area contributed by atoms with Crippen molar-refractivity contribution in [2.75, 3.05) is 27.8 Å². The van der Waals surface area contributed by atoms with Gasteiger partial charge < -0.3 is 19.1 Å². The monoisotopic (exact) mass is 409 g/mol. The topological polar surface area (TPSA) is 48.0 Å². The van der Waals surface area contributed by atoms with E-state index in [-0.39, 0.29) is 22.9 Å². The van der Waals surface area contributed by atoms with Gasteiger partial charge in [-0.25, -0.2) is 0 Å². The van der Waals surface area contributed by atoms with Gasteiger partial charge in [-0.05, 0) is 50.9 Å². The van der Waals surface area contributed by atoms with E-state index < -0.39 is 5.60 Å². The zero-order valence-corrected chi connectivity index (χ0v) is 18.4. The van der Waals surface area contributed by atoms with Gasteiger partial charge in [-0.1, -0.05) is 19.1 Å². The number of rotatable bonds is 5. The highest BCUT2D eigenvalue weighted by atomic mass is 16.6. The molecule has 1 aromatic rings. The van der Waals surface area contributed by atoms with Crippen molar-refractivity contribution >= 4 is 5.78 Å². The first-order valence-electron chi connectivity index (χ1n) is 11.3. The Kier molecular flexibility index (Phi) is 3.71. The molecule has 7 rings (SSSR count). The number of likely N-dealkylation sites (tertiary alicyclic amines) is 1. The van der Waals surface area contributed by atoms with Gasteiger partial charge in [-0.3, -0.25) is 4.79 Å². The molecule has 1 saturated carbocycles. The van der Waals surface area contributed by atoms with Crippen molar-refractivity contribution in [3.8, 4) is 11.5 Å². The number of Topliss-reactive ketones (excluding diaryl/α,β-unsaturated/α-hetero) is 1. The predicted molar refractivity (Wildman–Crippen MR) is 113 cm³/mol. The number of methoxy groups -OCH3 is 2. The Balaban J connectivity index is 1.64. The van der Waals surface area contributed by atoms with Crippen LogP contribution in [0.25, 0.3) is 0 Å². The van der Waals surface area contributed by atoms with Crippen LogP contribution in [0.4, 0.5) is 0 Å². The van der Waals surface area contributed by atoms with Crippen molar-refractivity contribution in [1.82, 2.24) is 4.90 Å².